The fourth-order valence-electron chi connectivity index (χ4n) is 3.19. The largest absolute Gasteiger partial charge is 0.0836 e. The van der Waals surface area contributed by atoms with Crippen LogP contribution in [-0.4, -0.2) is 0 Å². The molecule has 1 atom stereocenters. The first-order valence-electron chi connectivity index (χ1n) is 6.29. The molecule has 2 aliphatic rings. The first-order chi connectivity index (χ1) is 8.42. The molecule has 0 saturated carbocycles. The van der Waals surface area contributed by atoms with E-state index in [4.69, 9.17) is 0 Å². The third-order valence-electron chi connectivity index (χ3n) is 4.04. The Morgan fingerprint density at radius 1 is 1.00 bits per heavy atom. The zero-order chi connectivity index (χ0) is 11.2. The quantitative estimate of drug-likeness (QED) is 0.616. The van der Waals surface area contributed by atoms with Crippen molar-refractivity contribution in [1.29, 1.82) is 0 Å². The minimum absolute atomic E-state index is 0.652. The topological polar surface area (TPSA) is 0 Å². The predicted octanol–water partition coefficient (Wildman–Crippen LogP) is 4.37. The lowest BCUT2D eigenvalue weighted by atomic mass is 9.90. The van der Waals surface area contributed by atoms with Crippen molar-refractivity contribution in [2.75, 3.05) is 0 Å². The first kappa shape index (κ1) is 9.23. The van der Waals surface area contributed by atoms with Gasteiger partial charge in [0.1, 0.15) is 0 Å². The highest BCUT2D eigenvalue weighted by Gasteiger charge is 2.27. The van der Waals surface area contributed by atoms with Crippen LogP contribution in [0.3, 0.4) is 0 Å². The molecule has 0 amide bonds. The van der Waals surface area contributed by atoms with Gasteiger partial charge in [0.15, 0.2) is 0 Å². The van der Waals surface area contributed by atoms with Gasteiger partial charge >= 0.3 is 0 Å². The van der Waals surface area contributed by atoms with Crippen LogP contribution in [0.2, 0.25) is 0 Å². The van der Waals surface area contributed by atoms with Gasteiger partial charge in [0.2, 0.25) is 0 Å². The third-order valence-corrected chi connectivity index (χ3v) is 4.04. The fraction of sp³-hybridized carbons (Fsp3) is 0.176. The highest BCUT2D eigenvalue weighted by Crippen LogP contribution is 2.43. The van der Waals surface area contributed by atoms with E-state index in [2.05, 4.69) is 54.6 Å². The van der Waals surface area contributed by atoms with Crippen LogP contribution in [-0.2, 0) is 6.42 Å². The maximum Gasteiger partial charge on any atom is 0.00922 e. The standard InChI is InChI=1S/C17H14/c1-2-6-13-11-17-15(9-12(13)5-1)10-14-7-3-4-8-16(14)17/h1-7,9,11,16H,8,10H2. The SMILES string of the molecule is C1=CCC2C(=C1)Cc1cc3ccccc3cc12. The Morgan fingerprint density at radius 2 is 1.82 bits per heavy atom. The van der Waals surface area contributed by atoms with E-state index in [-0.39, 0.29) is 0 Å². The molecule has 0 aromatic heterocycles. The first-order valence-corrected chi connectivity index (χ1v) is 6.29. The van der Waals surface area contributed by atoms with Crippen molar-refractivity contribution >= 4 is 10.8 Å². The van der Waals surface area contributed by atoms with Crippen LogP contribution in [0.4, 0.5) is 0 Å². The lowest BCUT2D eigenvalue weighted by Gasteiger charge is -2.14. The molecular weight excluding hydrogens is 204 g/mol. The van der Waals surface area contributed by atoms with Crippen molar-refractivity contribution in [1.82, 2.24) is 0 Å². The summed E-state index contributed by atoms with van der Waals surface area (Å²) in [5, 5.41) is 2.75. The van der Waals surface area contributed by atoms with Crippen molar-refractivity contribution in [3.8, 4) is 0 Å². The number of allylic oxidation sites excluding steroid dienone is 4. The molecule has 0 saturated heterocycles. The highest BCUT2D eigenvalue weighted by molar-refractivity contribution is 5.85. The van der Waals surface area contributed by atoms with Gasteiger partial charge in [0.05, 0.1) is 0 Å². The van der Waals surface area contributed by atoms with Crippen LogP contribution in [0.5, 0.6) is 0 Å². The summed E-state index contributed by atoms with van der Waals surface area (Å²) in [5.74, 6) is 0.652. The van der Waals surface area contributed by atoms with Gasteiger partial charge in [-0.2, -0.15) is 0 Å². The van der Waals surface area contributed by atoms with Gasteiger partial charge < -0.3 is 0 Å². The maximum atomic E-state index is 2.40. The minimum atomic E-state index is 0.652. The minimum Gasteiger partial charge on any atom is -0.0836 e. The van der Waals surface area contributed by atoms with Crippen LogP contribution in [0.15, 0.2) is 60.2 Å². The van der Waals surface area contributed by atoms with Crippen LogP contribution in [0.1, 0.15) is 23.5 Å². The van der Waals surface area contributed by atoms with Gasteiger partial charge in [-0.3, -0.25) is 0 Å². The molecular formula is C17H14. The Morgan fingerprint density at radius 3 is 2.71 bits per heavy atom. The second-order valence-corrected chi connectivity index (χ2v) is 5.03. The lowest BCUT2D eigenvalue weighted by molar-refractivity contribution is 0.822. The summed E-state index contributed by atoms with van der Waals surface area (Å²) in [6.07, 6.45) is 9.13. The molecule has 0 radical (unpaired) electrons. The normalized spacial score (nSPS) is 21.2. The Labute approximate surface area is 101 Å². The number of hydrogen-bond acceptors (Lipinski definition) is 0. The van der Waals surface area contributed by atoms with Crippen LogP contribution in [0, 0.1) is 0 Å². The molecule has 17 heavy (non-hydrogen) atoms. The van der Waals surface area contributed by atoms with Crippen LogP contribution in [0.25, 0.3) is 10.8 Å². The molecule has 0 fully saturated rings. The molecule has 2 aromatic carbocycles. The average molecular weight is 218 g/mol. The molecule has 1 unspecified atom stereocenters. The number of benzene rings is 2. The molecule has 2 aromatic rings. The van der Waals surface area contributed by atoms with Gasteiger partial charge in [-0.25, -0.2) is 0 Å². The van der Waals surface area contributed by atoms with Crippen molar-refractivity contribution in [3.05, 3.63) is 71.3 Å². The molecule has 0 N–H and O–H groups in total. The zero-order valence-corrected chi connectivity index (χ0v) is 9.69. The summed E-state index contributed by atoms with van der Waals surface area (Å²) in [5.41, 5.74) is 4.68. The summed E-state index contributed by atoms with van der Waals surface area (Å²) < 4.78 is 0. The Balaban J connectivity index is 1.97. The second-order valence-electron chi connectivity index (χ2n) is 5.03. The van der Waals surface area contributed by atoms with Gasteiger partial charge in [0.25, 0.3) is 0 Å². The monoisotopic (exact) mass is 218 g/mol. The number of fused-ring (bicyclic) bond motifs is 4. The molecule has 0 heteroatoms. The lowest BCUT2D eigenvalue weighted by Crippen LogP contribution is -1.97. The van der Waals surface area contributed by atoms with Crippen molar-refractivity contribution in [3.63, 3.8) is 0 Å². The third kappa shape index (κ3) is 1.30. The maximum absolute atomic E-state index is 2.40. The summed E-state index contributed by atoms with van der Waals surface area (Å²) in [6, 6.07) is 13.5. The molecule has 0 nitrogen and oxygen atoms in total. The fourth-order valence-corrected chi connectivity index (χ4v) is 3.19. The second kappa shape index (κ2) is 3.33. The average Bonchev–Trinajstić information content (AvgIpc) is 2.73. The van der Waals surface area contributed by atoms with Gasteiger partial charge in [-0.15, -0.1) is 0 Å². The van der Waals surface area contributed by atoms with Crippen LogP contribution < -0.4 is 0 Å². The molecule has 0 spiro atoms. The molecule has 0 bridgehead atoms. The van der Waals surface area contributed by atoms with E-state index in [1.165, 1.54) is 22.8 Å². The van der Waals surface area contributed by atoms with Crippen molar-refractivity contribution < 1.29 is 0 Å². The van der Waals surface area contributed by atoms with Crippen molar-refractivity contribution in [2.45, 2.75) is 18.8 Å². The number of hydrogen-bond donors (Lipinski definition) is 0. The summed E-state index contributed by atoms with van der Waals surface area (Å²) in [4.78, 5) is 0. The molecule has 0 aliphatic heterocycles. The Hall–Kier alpha value is -1.82. The van der Waals surface area contributed by atoms with E-state index in [0.717, 1.165) is 6.42 Å². The number of rotatable bonds is 0. The summed E-state index contributed by atoms with van der Waals surface area (Å²) in [7, 11) is 0. The smallest absolute Gasteiger partial charge is 0.00922 e. The molecule has 82 valence electrons. The van der Waals surface area contributed by atoms with Gasteiger partial charge in [-0.1, -0.05) is 60.2 Å². The summed E-state index contributed by atoms with van der Waals surface area (Å²) >= 11 is 0. The molecule has 0 heterocycles. The van der Waals surface area contributed by atoms with Gasteiger partial charge in [0, 0.05) is 5.92 Å². The van der Waals surface area contributed by atoms with E-state index >= 15 is 0 Å². The van der Waals surface area contributed by atoms with E-state index in [0.29, 0.717) is 5.92 Å². The van der Waals surface area contributed by atoms with Gasteiger partial charge in [-0.05, 0) is 34.7 Å². The Kier molecular flexibility index (Phi) is 1.81. The van der Waals surface area contributed by atoms with E-state index in [1.54, 1.807) is 11.1 Å². The highest BCUT2D eigenvalue weighted by atomic mass is 14.3. The van der Waals surface area contributed by atoms with Crippen molar-refractivity contribution in [2.24, 2.45) is 0 Å². The van der Waals surface area contributed by atoms with E-state index in [9.17, 15) is 0 Å². The zero-order valence-electron chi connectivity index (χ0n) is 9.69. The Bertz CT molecular complexity index is 659. The summed E-state index contributed by atoms with van der Waals surface area (Å²) in [6.45, 7) is 0. The van der Waals surface area contributed by atoms with E-state index in [1.807, 2.05) is 0 Å². The molecule has 2 aliphatic carbocycles. The van der Waals surface area contributed by atoms with Crippen LogP contribution >= 0.6 is 0 Å². The predicted molar refractivity (Wildman–Crippen MR) is 72.2 cm³/mol. The molecule has 4 rings (SSSR count). The van der Waals surface area contributed by atoms with E-state index < -0.39 is 0 Å².